The molecule has 0 aromatic carbocycles. The second-order valence-corrected chi connectivity index (χ2v) is 4.78. The summed E-state index contributed by atoms with van der Waals surface area (Å²) in [6.07, 6.45) is -6.66. The van der Waals surface area contributed by atoms with Crippen molar-refractivity contribution in [2.24, 2.45) is 0 Å². The molecule has 0 saturated heterocycles. The molecule has 0 saturated carbocycles. The molecule has 0 rings (SSSR count). The zero-order valence-electron chi connectivity index (χ0n) is 5.35. The second kappa shape index (κ2) is 3.40. The van der Waals surface area contributed by atoms with E-state index in [0.717, 1.165) is 0 Å². The van der Waals surface area contributed by atoms with Crippen LogP contribution in [-0.4, -0.2) is 37.3 Å². The normalized spacial score (nSPS) is 15.2. The summed E-state index contributed by atoms with van der Waals surface area (Å²) in [7, 11) is 0. The van der Waals surface area contributed by atoms with Gasteiger partial charge in [0.05, 0.1) is 0 Å². The van der Waals surface area contributed by atoms with Crippen LogP contribution in [0.4, 0.5) is 36.4 Å². The topological polar surface area (TPSA) is 0 Å². The molecule has 0 spiro atoms. The van der Waals surface area contributed by atoms with Crippen LogP contribution in [0.3, 0.4) is 0 Å². The fourth-order valence-electron chi connectivity index (χ4n) is 0.277. The Labute approximate surface area is 74.3 Å². The van der Waals surface area contributed by atoms with Gasteiger partial charge in [-0.3, -0.25) is 0 Å². The van der Waals surface area contributed by atoms with Gasteiger partial charge in [-0.1, -0.05) is 0 Å². The number of alkyl halides is 7. The summed E-state index contributed by atoms with van der Waals surface area (Å²) in [6, 6.07) is 0. The van der Waals surface area contributed by atoms with Crippen LogP contribution in [0.15, 0.2) is 0 Å². The summed E-state index contributed by atoms with van der Waals surface area (Å²) >= 11 is -6.83. The fourth-order valence-corrected chi connectivity index (χ4v) is 1.24. The summed E-state index contributed by atoms with van der Waals surface area (Å²) in [6.45, 7) is 0. The molecule has 10 heteroatoms. The molecule has 0 atom stereocenters. The average molecular weight is 329 g/mol. The van der Waals surface area contributed by atoms with Crippen LogP contribution in [0.5, 0.6) is 0 Å². The Balaban J connectivity index is 5.04. The van der Waals surface area contributed by atoms with Gasteiger partial charge in [-0.15, -0.1) is 0 Å². The van der Waals surface area contributed by atoms with Crippen LogP contribution in [0, 0.1) is 0 Å². The van der Waals surface area contributed by atoms with E-state index in [1.54, 1.807) is 0 Å². The van der Waals surface area contributed by atoms with Crippen molar-refractivity contribution >= 4 is 21.4 Å². The van der Waals surface area contributed by atoms with Gasteiger partial charge in [-0.2, -0.15) is 0 Å². The number of hydrogen-bond acceptors (Lipinski definition) is 0. The summed E-state index contributed by atoms with van der Waals surface area (Å²) in [5.41, 5.74) is 0. The quantitative estimate of drug-likeness (QED) is 0.540. The molecule has 0 aromatic heterocycles. The van der Waals surface area contributed by atoms with Crippen molar-refractivity contribution in [3.8, 4) is 0 Å². The first-order valence-corrected chi connectivity index (χ1v) is 5.59. The van der Waals surface area contributed by atoms with Gasteiger partial charge in [-0.25, -0.2) is 0 Å². The third-order valence-corrected chi connectivity index (χ3v) is 2.96. The Morgan fingerprint density at radius 2 is 1.00 bits per heavy atom. The van der Waals surface area contributed by atoms with E-state index >= 15 is 0 Å². The Bertz CT molecular complexity index is 180. The minimum absolute atomic E-state index is 6.23. The third-order valence-electron chi connectivity index (χ3n) is 0.946. The summed E-state index contributed by atoms with van der Waals surface area (Å²) < 4.78 is 96.5. The van der Waals surface area contributed by atoms with Gasteiger partial charge in [-0.05, 0) is 0 Å². The van der Waals surface area contributed by atoms with Gasteiger partial charge in [0.2, 0.25) is 0 Å². The molecule has 0 nitrogen and oxygen atoms in total. The predicted molar refractivity (Wildman–Crippen MR) is 23.9 cm³/mol. The predicted octanol–water partition coefficient (Wildman–Crippen LogP) is 2.79. The number of hydrogen-bond donors (Lipinski definition) is 0. The van der Waals surface area contributed by atoms with Crippen molar-refractivity contribution in [3.05, 3.63) is 0 Å². The van der Waals surface area contributed by atoms with E-state index in [1.165, 1.54) is 0 Å². The van der Waals surface area contributed by atoms with E-state index in [9.17, 15) is 36.4 Å². The molecule has 0 radical (unpaired) electrons. The molecule has 0 heterocycles. The van der Waals surface area contributed by atoms with Crippen molar-refractivity contribution < 1.29 is 36.4 Å². The van der Waals surface area contributed by atoms with Crippen LogP contribution < -0.4 is 0 Å². The van der Waals surface area contributed by atoms with Gasteiger partial charge in [0.15, 0.2) is 0 Å². The van der Waals surface area contributed by atoms with E-state index < -0.39 is 37.3 Å². The molecular formula is C3F9Sb. The summed E-state index contributed by atoms with van der Waals surface area (Å²) in [5, 5.41) is 0. The summed E-state index contributed by atoms with van der Waals surface area (Å²) in [4.78, 5) is 0. The van der Waals surface area contributed by atoms with E-state index in [2.05, 4.69) is 0 Å². The zero-order valence-corrected chi connectivity index (χ0v) is 7.90. The molecule has 0 unspecified atom stereocenters. The Kier molecular flexibility index (Phi) is 3.45. The average Bonchev–Trinajstić information content (AvgIpc) is 1.84. The Hall–Kier alpha value is 0.188. The molecule has 80 valence electrons. The van der Waals surface area contributed by atoms with E-state index in [0.29, 0.717) is 0 Å². The molecule has 0 aromatic rings. The molecule has 0 bridgehead atoms. The van der Waals surface area contributed by atoms with Crippen LogP contribution in [-0.2, 0) is 0 Å². The minimum atomic E-state index is -6.83. The van der Waals surface area contributed by atoms with Crippen molar-refractivity contribution in [1.82, 2.24) is 0 Å². The molecule has 13 heavy (non-hydrogen) atoms. The molecule has 0 aliphatic carbocycles. The van der Waals surface area contributed by atoms with E-state index in [1.807, 2.05) is 0 Å². The molecule has 0 fully saturated rings. The van der Waals surface area contributed by atoms with Crippen LogP contribution >= 0.6 is 0 Å². The third kappa shape index (κ3) is 2.16. The first-order chi connectivity index (χ1) is 5.44. The Morgan fingerprint density at radius 3 is 1.08 bits per heavy atom. The zero-order chi connectivity index (χ0) is 11.1. The molecular weight excluding hydrogens is 329 g/mol. The fraction of sp³-hybridized carbons (Fsp3) is 1.00. The molecule has 0 aliphatic rings. The number of rotatable bonds is 2. The molecule has 0 aliphatic heterocycles. The Morgan fingerprint density at radius 1 is 0.692 bits per heavy atom. The second-order valence-electron chi connectivity index (χ2n) is 1.85. The standard InChI is InChI=1S/C3F7.2FH.Sb/c4-1(5)2(6,7)3(8,9)10;;;/h;2*1H;/q;;;+2/p-2. The first kappa shape index (κ1) is 13.2. The maximum absolute atomic E-state index is 11.7. The van der Waals surface area contributed by atoms with Gasteiger partial charge < -0.3 is 0 Å². The van der Waals surface area contributed by atoms with Crippen molar-refractivity contribution in [1.29, 1.82) is 0 Å². The van der Waals surface area contributed by atoms with Crippen molar-refractivity contribution in [2.75, 3.05) is 0 Å². The van der Waals surface area contributed by atoms with Gasteiger partial charge in [0, 0.05) is 0 Å². The number of halogens is 9. The van der Waals surface area contributed by atoms with Crippen LogP contribution in [0.25, 0.3) is 0 Å². The SMILES string of the molecule is [F][Sb]([F])[C](F)(F)C(F)(F)C(F)(F)F. The van der Waals surface area contributed by atoms with Gasteiger partial charge >= 0.3 is 73.7 Å². The van der Waals surface area contributed by atoms with E-state index in [4.69, 9.17) is 0 Å². The molecule has 0 N–H and O–H groups in total. The first-order valence-electron chi connectivity index (χ1n) is 2.38. The van der Waals surface area contributed by atoms with Crippen molar-refractivity contribution in [3.63, 3.8) is 0 Å². The van der Waals surface area contributed by atoms with E-state index in [-0.39, 0.29) is 0 Å². The monoisotopic (exact) mass is 328 g/mol. The van der Waals surface area contributed by atoms with Gasteiger partial charge in [0.1, 0.15) is 0 Å². The molecule has 0 amide bonds. The maximum atomic E-state index is 11.7. The van der Waals surface area contributed by atoms with Crippen LogP contribution in [0.1, 0.15) is 0 Å². The summed E-state index contributed by atoms with van der Waals surface area (Å²) in [5.74, 6) is -6.65. The van der Waals surface area contributed by atoms with Crippen molar-refractivity contribution in [2.45, 2.75) is 16.0 Å². The van der Waals surface area contributed by atoms with Crippen LogP contribution in [0.2, 0.25) is 0 Å². The van der Waals surface area contributed by atoms with Gasteiger partial charge in [0.25, 0.3) is 0 Å².